The fourth-order valence-corrected chi connectivity index (χ4v) is 6.56. The van der Waals surface area contributed by atoms with Gasteiger partial charge in [-0.25, -0.2) is 8.78 Å². The van der Waals surface area contributed by atoms with Crippen molar-refractivity contribution in [3.63, 3.8) is 0 Å². The van der Waals surface area contributed by atoms with Crippen molar-refractivity contribution in [2.45, 2.75) is 69.4 Å². The average molecular weight is 565 g/mol. The first-order valence-electron chi connectivity index (χ1n) is 13.4. The lowest BCUT2D eigenvalue weighted by Gasteiger charge is -2.33. The highest BCUT2D eigenvalue weighted by Gasteiger charge is 2.38. The number of aliphatic hydroxyl groups is 1. The van der Waals surface area contributed by atoms with Gasteiger partial charge in [-0.3, -0.25) is 9.59 Å². The number of halogens is 4. The maximum atomic E-state index is 13.4. The number of hydrogen-bond acceptors (Lipinski definition) is 3. The Morgan fingerprint density at radius 2 is 1.53 bits per heavy atom. The first kappa shape index (κ1) is 27.4. The van der Waals surface area contributed by atoms with Gasteiger partial charge in [-0.15, -0.1) is 0 Å². The molecule has 2 aliphatic heterocycles. The summed E-state index contributed by atoms with van der Waals surface area (Å²) in [4.78, 5) is 29.3. The zero-order valence-corrected chi connectivity index (χ0v) is 22.7. The van der Waals surface area contributed by atoms with Crippen molar-refractivity contribution in [3.8, 4) is 11.1 Å². The van der Waals surface area contributed by atoms with Crippen molar-refractivity contribution in [2.75, 3.05) is 19.6 Å². The Labute approximate surface area is 231 Å². The van der Waals surface area contributed by atoms with Gasteiger partial charge in [0.25, 0.3) is 11.8 Å². The van der Waals surface area contributed by atoms with E-state index in [1.807, 2.05) is 17.0 Å². The summed E-state index contributed by atoms with van der Waals surface area (Å²) < 4.78 is 26.9. The second kappa shape index (κ2) is 11.1. The number of carbonyl (C=O) groups is 2. The van der Waals surface area contributed by atoms with Gasteiger partial charge in [0.2, 0.25) is 5.91 Å². The topological polar surface area (TPSA) is 60.9 Å². The minimum atomic E-state index is -2.70. The van der Waals surface area contributed by atoms with E-state index in [4.69, 9.17) is 23.2 Å². The normalized spacial score (nSPS) is 25.6. The third-order valence-electron chi connectivity index (χ3n) is 8.30. The summed E-state index contributed by atoms with van der Waals surface area (Å²) in [6, 6.07) is 10.8. The van der Waals surface area contributed by atoms with Gasteiger partial charge in [-0.1, -0.05) is 35.3 Å². The Morgan fingerprint density at radius 1 is 0.921 bits per heavy atom. The lowest BCUT2D eigenvalue weighted by Crippen LogP contribution is -2.42. The molecule has 0 bridgehead atoms. The molecule has 0 unspecified atom stereocenters. The lowest BCUT2D eigenvalue weighted by molar-refractivity contribution is -0.133. The van der Waals surface area contributed by atoms with Crippen LogP contribution in [0.25, 0.3) is 11.1 Å². The minimum Gasteiger partial charge on any atom is -0.393 e. The molecular formula is C29H32Cl2F2N2O3. The molecule has 0 radical (unpaired) electrons. The number of hydrogen-bond donors (Lipinski definition) is 1. The van der Waals surface area contributed by atoms with E-state index >= 15 is 0 Å². The number of rotatable bonds is 5. The molecule has 1 atom stereocenters. The Kier molecular flexibility index (Phi) is 7.99. The molecule has 1 saturated carbocycles. The van der Waals surface area contributed by atoms with Gasteiger partial charge in [0.15, 0.2) is 0 Å². The van der Waals surface area contributed by atoms with Crippen LogP contribution in [0.3, 0.4) is 0 Å². The molecule has 204 valence electrons. The van der Waals surface area contributed by atoms with Gasteiger partial charge in [-0.2, -0.15) is 0 Å². The predicted octanol–water partition coefficient (Wildman–Crippen LogP) is 6.23. The maximum absolute atomic E-state index is 13.4. The Bertz CT molecular complexity index is 1170. The van der Waals surface area contributed by atoms with Crippen LogP contribution in [-0.2, 0) is 11.2 Å². The van der Waals surface area contributed by atoms with Crippen LogP contribution in [0.2, 0.25) is 10.0 Å². The number of amides is 2. The predicted molar refractivity (Wildman–Crippen MR) is 144 cm³/mol. The number of benzene rings is 2. The molecule has 2 amide bonds. The summed E-state index contributed by atoms with van der Waals surface area (Å²) >= 11 is 13.3. The van der Waals surface area contributed by atoms with Crippen LogP contribution in [-0.4, -0.2) is 64.4 Å². The number of carbonyl (C=O) groups excluding carboxylic acids is 2. The van der Waals surface area contributed by atoms with E-state index in [0.717, 1.165) is 55.3 Å². The highest BCUT2D eigenvalue weighted by molar-refractivity contribution is 6.36. The molecule has 38 heavy (non-hydrogen) atoms. The van der Waals surface area contributed by atoms with Gasteiger partial charge in [0.05, 0.1) is 6.10 Å². The zero-order chi connectivity index (χ0) is 27.0. The molecule has 3 fully saturated rings. The highest BCUT2D eigenvalue weighted by atomic mass is 35.5. The molecule has 0 aromatic heterocycles. The second-order valence-corrected chi connectivity index (χ2v) is 11.6. The van der Waals surface area contributed by atoms with Gasteiger partial charge < -0.3 is 14.9 Å². The minimum absolute atomic E-state index is 0.0469. The third-order valence-corrected chi connectivity index (χ3v) is 8.97. The Balaban J connectivity index is 1.24. The van der Waals surface area contributed by atoms with Crippen LogP contribution in [0.5, 0.6) is 0 Å². The maximum Gasteiger partial charge on any atom is 0.253 e. The summed E-state index contributed by atoms with van der Waals surface area (Å²) in [5.41, 5.74) is 2.82. The summed E-state index contributed by atoms with van der Waals surface area (Å²) in [5, 5.41) is 10.8. The van der Waals surface area contributed by atoms with Crippen LogP contribution in [0.1, 0.15) is 60.9 Å². The number of alkyl halides is 2. The number of nitrogens with zero attached hydrogens (tertiary/aromatic N) is 2. The van der Waals surface area contributed by atoms with Gasteiger partial charge in [-0.05, 0) is 79.5 Å². The molecule has 1 aliphatic carbocycles. The molecule has 2 aromatic rings. The van der Waals surface area contributed by atoms with E-state index in [1.54, 1.807) is 24.3 Å². The molecule has 2 heterocycles. The van der Waals surface area contributed by atoms with Gasteiger partial charge in [0.1, 0.15) is 0 Å². The highest BCUT2D eigenvalue weighted by Crippen LogP contribution is 2.37. The van der Waals surface area contributed by atoms with Crippen LogP contribution >= 0.6 is 23.2 Å². The molecule has 5 nitrogen and oxygen atoms in total. The van der Waals surface area contributed by atoms with Crippen molar-refractivity contribution in [1.29, 1.82) is 0 Å². The Morgan fingerprint density at radius 3 is 2.13 bits per heavy atom. The van der Waals surface area contributed by atoms with Crippen molar-refractivity contribution < 1.29 is 23.5 Å². The number of piperidine rings is 1. The van der Waals surface area contributed by atoms with Crippen LogP contribution in [0.15, 0.2) is 36.4 Å². The van der Waals surface area contributed by atoms with E-state index in [9.17, 15) is 23.5 Å². The van der Waals surface area contributed by atoms with E-state index in [0.29, 0.717) is 22.0 Å². The standard InChI is InChI=1S/C29H32Cl2F2N2O3/c30-25-16-21(18-1-3-19(4-2-18)27(37)34-13-10-29(32,33)11-14-34)17-26(31)24(25)15-20-9-12-35(28(20)38)22-5-7-23(36)8-6-22/h1-4,16-17,20,22-23,36H,5-15H2/t20-,22?,23?/m0/s1. The summed E-state index contributed by atoms with van der Waals surface area (Å²) in [6.45, 7) is 0.819. The molecule has 1 N–H and O–H groups in total. The van der Waals surface area contributed by atoms with Gasteiger partial charge >= 0.3 is 0 Å². The number of aliphatic hydroxyl groups excluding tert-OH is 1. The third kappa shape index (κ3) is 5.85. The molecule has 9 heteroatoms. The van der Waals surface area contributed by atoms with Crippen molar-refractivity contribution >= 4 is 35.0 Å². The molecule has 0 spiro atoms. The molecule has 2 aromatic carbocycles. The summed E-state index contributed by atoms with van der Waals surface area (Å²) in [7, 11) is 0. The Hall–Kier alpha value is -2.22. The first-order chi connectivity index (χ1) is 18.1. The zero-order valence-electron chi connectivity index (χ0n) is 21.1. The first-order valence-corrected chi connectivity index (χ1v) is 14.1. The van der Waals surface area contributed by atoms with Crippen molar-refractivity contribution in [1.82, 2.24) is 9.80 Å². The fourth-order valence-electron chi connectivity index (χ4n) is 5.92. The summed E-state index contributed by atoms with van der Waals surface area (Å²) in [6.07, 6.45) is 3.53. The van der Waals surface area contributed by atoms with Crippen molar-refractivity contribution in [2.24, 2.45) is 5.92 Å². The summed E-state index contributed by atoms with van der Waals surface area (Å²) in [5.74, 6) is -2.98. The molecule has 3 aliphatic rings. The van der Waals surface area contributed by atoms with Crippen LogP contribution in [0.4, 0.5) is 8.78 Å². The SMILES string of the molecule is O=C(c1ccc(-c2cc(Cl)c(C[C@@H]3CCN(C4CCC(O)CC4)C3=O)c(Cl)c2)cc1)N1CCC(F)(F)CC1. The van der Waals surface area contributed by atoms with E-state index in [-0.39, 0.29) is 55.8 Å². The van der Waals surface area contributed by atoms with E-state index in [1.165, 1.54) is 4.90 Å². The second-order valence-electron chi connectivity index (χ2n) is 10.8. The molecule has 2 saturated heterocycles. The smallest absolute Gasteiger partial charge is 0.253 e. The van der Waals surface area contributed by atoms with E-state index in [2.05, 4.69) is 0 Å². The largest absolute Gasteiger partial charge is 0.393 e. The number of likely N-dealkylation sites (tertiary alicyclic amines) is 2. The lowest BCUT2D eigenvalue weighted by atomic mass is 9.92. The molecule has 5 rings (SSSR count). The van der Waals surface area contributed by atoms with E-state index < -0.39 is 5.92 Å². The quantitative estimate of drug-likeness (QED) is 0.468. The van der Waals surface area contributed by atoms with Crippen LogP contribution in [0, 0.1) is 5.92 Å². The monoisotopic (exact) mass is 564 g/mol. The van der Waals surface area contributed by atoms with Crippen molar-refractivity contribution in [3.05, 3.63) is 57.6 Å². The fraction of sp³-hybridized carbons (Fsp3) is 0.517. The van der Waals surface area contributed by atoms with Gasteiger partial charge in [0, 0.05) is 60.0 Å². The molecular weight excluding hydrogens is 533 g/mol. The van der Waals surface area contributed by atoms with Crippen LogP contribution < -0.4 is 0 Å². The average Bonchev–Trinajstić information content (AvgIpc) is 3.26.